The van der Waals surface area contributed by atoms with Gasteiger partial charge in [0.05, 0.1) is 0 Å². The molecule has 0 unspecified atom stereocenters. The standard InChI is InChI=1S/C14H19N5O3S2/c1-9-2-3-12(23-9)24(21,22)17-7-6-16-14(20)13-10-8-15-5-4-11(10)18-19-13/h2-3,15,17H,4-8H2,1H3,(H,16,20)(H,18,19). The number of carbonyl (C=O) groups excluding carboxylic acids is 1. The lowest BCUT2D eigenvalue weighted by Gasteiger charge is -2.12. The summed E-state index contributed by atoms with van der Waals surface area (Å²) >= 11 is 1.21. The lowest BCUT2D eigenvalue weighted by atomic mass is 10.1. The molecule has 24 heavy (non-hydrogen) atoms. The first-order valence-corrected chi connectivity index (χ1v) is 9.88. The van der Waals surface area contributed by atoms with Crippen LogP contribution in [0.1, 0.15) is 26.6 Å². The van der Waals surface area contributed by atoms with Crippen molar-refractivity contribution in [1.29, 1.82) is 0 Å². The van der Waals surface area contributed by atoms with Crippen LogP contribution >= 0.6 is 11.3 Å². The van der Waals surface area contributed by atoms with E-state index in [1.165, 1.54) is 11.3 Å². The summed E-state index contributed by atoms with van der Waals surface area (Å²) in [5.41, 5.74) is 2.23. The van der Waals surface area contributed by atoms with E-state index >= 15 is 0 Å². The van der Waals surface area contributed by atoms with Crippen LogP contribution in [0.15, 0.2) is 16.3 Å². The fourth-order valence-corrected chi connectivity index (χ4v) is 4.85. The highest BCUT2D eigenvalue weighted by molar-refractivity contribution is 7.91. The van der Waals surface area contributed by atoms with Crippen LogP contribution < -0.4 is 15.4 Å². The van der Waals surface area contributed by atoms with Crippen LogP contribution in [0.3, 0.4) is 0 Å². The van der Waals surface area contributed by atoms with Crippen LogP contribution in [0.2, 0.25) is 0 Å². The Morgan fingerprint density at radius 1 is 1.38 bits per heavy atom. The summed E-state index contributed by atoms with van der Waals surface area (Å²) in [5, 5.41) is 12.8. The topological polar surface area (TPSA) is 116 Å². The maximum absolute atomic E-state index is 12.2. The second kappa shape index (κ2) is 7.01. The molecule has 0 saturated heterocycles. The molecule has 0 saturated carbocycles. The van der Waals surface area contributed by atoms with Crippen molar-refractivity contribution in [2.24, 2.45) is 0 Å². The van der Waals surface area contributed by atoms with E-state index in [1.54, 1.807) is 12.1 Å². The first-order chi connectivity index (χ1) is 11.5. The smallest absolute Gasteiger partial charge is 0.272 e. The average Bonchev–Trinajstić information content (AvgIpc) is 3.18. The zero-order valence-electron chi connectivity index (χ0n) is 13.2. The molecule has 3 heterocycles. The monoisotopic (exact) mass is 369 g/mol. The van der Waals surface area contributed by atoms with E-state index in [2.05, 4.69) is 25.6 Å². The highest BCUT2D eigenvalue weighted by atomic mass is 32.2. The highest BCUT2D eigenvalue weighted by Gasteiger charge is 2.21. The molecule has 1 amide bonds. The molecule has 3 rings (SSSR count). The van der Waals surface area contributed by atoms with Gasteiger partial charge in [-0.3, -0.25) is 9.89 Å². The van der Waals surface area contributed by atoms with Gasteiger partial charge in [0, 0.05) is 48.7 Å². The fourth-order valence-electron chi connectivity index (χ4n) is 2.49. The number of hydrogen-bond donors (Lipinski definition) is 4. The van der Waals surface area contributed by atoms with E-state index in [4.69, 9.17) is 0 Å². The number of rotatable bonds is 6. The van der Waals surface area contributed by atoms with Crippen LogP contribution in [0.5, 0.6) is 0 Å². The summed E-state index contributed by atoms with van der Waals surface area (Å²) in [7, 11) is -3.52. The molecule has 0 bridgehead atoms. The molecule has 130 valence electrons. The van der Waals surface area contributed by atoms with E-state index in [-0.39, 0.29) is 23.2 Å². The van der Waals surface area contributed by atoms with E-state index < -0.39 is 10.0 Å². The minimum atomic E-state index is -3.52. The predicted octanol–water partition coefficient (Wildman–Crippen LogP) is 0.134. The van der Waals surface area contributed by atoms with Crippen LogP contribution in [0.25, 0.3) is 0 Å². The molecule has 0 aromatic carbocycles. The van der Waals surface area contributed by atoms with Gasteiger partial charge in [-0.1, -0.05) is 0 Å². The molecule has 0 fully saturated rings. The summed E-state index contributed by atoms with van der Waals surface area (Å²) in [4.78, 5) is 13.1. The highest BCUT2D eigenvalue weighted by Crippen LogP contribution is 2.20. The van der Waals surface area contributed by atoms with Gasteiger partial charge < -0.3 is 10.6 Å². The van der Waals surface area contributed by atoms with Crippen molar-refractivity contribution >= 4 is 27.3 Å². The number of hydrogen-bond acceptors (Lipinski definition) is 6. The van der Waals surface area contributed by atoms with E-state index in [0.29, 0.717) is 12.2 Å². The summed E-state index contributed by atoms with van der Waals surface area (Å²) in [5.74, 6) is -0.303. The van der Waals surface area contributed by atoms with Crippen molar-refractivity contribution in [2.75, 3.05) is 19.6 Å². The average molecular weight is 369 g/mol. The normalized spacial score (nSPS) is 14.4. The Morgan fingerprint density at radius 3 is 2.96 bits per heavy atom. The number of fused-ring (bicyclic) bond motifs is 1. The Hall–Kier alpha value is -1.75. The number of nitrogens with zero attached hydrogens (tertiary/aromatic N) is 1. The largest absolute Gasteiger partial charge is 0.349 e. The molecule has 0 atom stereocenters. The van der Waals surface area contributed by atoms with Crippen LogP contribution in [-0.4, -0.2) is 44.2 Å². The fraction of sp³-hybridized carbons (Fsp3) is 0.429. The molecule has 1 aliphatic rings. The second-order valence-corrected chi connectivity index (χ2v) is 8.76. The van der Waals surface area contributed by atoms with Crippen LogP contribution in [0.4, 0.5) is 0 Å². The third-order valence-electron chi connectivity index (χ3n) is 3.70. The number of H-pyrrole nitrogens is 1. The Kier molecular flexibility index (Phi) is 4.99. The van der Waals surface area contributed by atoms with Crippen LogP contribution in [0, 0.1) is 6.92 Å². The number of carbonyl (C=O) groups is 1. The maximum atomic E-state index is 12.2. The molecule has 0 radical (unpaired) electrons. The van der Waals surface area contributed by atoms with Crippen molar-refractivity contribution in [3.05, 3.63) is 34.0 Å². The number of aromatic amines is 1. The van der Waals surface area contributed by atoms with Gasteiger partial charge in [0.2, 0.25) is 10.0 Å². The van der Waals surface area contributed by atoms with Gasteiger partial charge in [-0.2, -0.15) is 5.10 Å². The Balaban J connectivity index is 1.52. The summed E-state index contributed by atoms with van der Waals surface area (Å²) in [6, 6.07) is 3.33. The lowest BCUT2D eigenvalue weighted by Crippen LogP contribution is -2.35. The quantitative estimate of drug-likeness (QED) is 0.540. The minimum absolute atomic E-state index is 0.121. The zero-order chi connectivity index (χ0) is 17.2. The maximum Gasteiger partial charge on any atom is 0.272 e. The SMILES string of the molecule is Cc1ccc(S(=O)(=O)NCCNC(=O)c2n[nH]c3c2CNCC3)s1. The van der Waals surface area contributed by atoms with Gasteiger partial charge in [0.25, 0.3) is 5.91 Å². The number of amides is 1. The number of aryl methyl sites for hydroxylation is 1. The van der Waals surface area contributed by atoms with Crippen molar-refractivity contribution in [1.82, 2.24) is 25.6 Å². The zero-order valence-corrected chi connectivity index (χ0v) is 14.8. The van der Waals surface area contributed by atoms with Crippen molar-refractivity contribution in [2.45, 2.75) is 24.1 Å². The summed E-state index contributed by atoms with van der Waals surface area (Å²) < 4.78 is 26.9. The van der Waals surface area contributed by atoms with Gasteiger partial charge in [-0.05, 0) is 19.1 Å². The Labute approximate surface area is 144 Å². The number of thiophene rings is 1. The molecule has 0 aliphatic carbocycles. The van der Waals surface area contributed by atoms with E-state index in [0.717, 1.165) is 29.1 Å². The lowest BCUT2D eigenvalue weighted by molar-refractivity contribution is 0.0948. The van der Waals surface area contributed by atoms with Gasteiger partial charge in [-0.25, -0.2) is 13.1 Å². The molecule has 2 aromatic rings. The Morgan fingerprint density at radius 2 is 2.21 bits per heavy atom. The first kappa shape index (κ1) is 17.1. The Bertz CT molecular complexity index is 840. The van der Waals surface area contributed by atoms with Crippen molar-refractivity contribution in [3.63, 3.8) is 0 Å². The number of aromatic nitrogens is 2. The number of sulfonamides is 1. The third kappa shape index (κ3) is 3.66. The minimum Gasteiger partial charge on any atom is -0.349 e. The molecule has 2 aromatic heterocycles. The molecule has 8 nitrogen and oxygen atoms in total. The van der Waals surface area contributed by atoms with E-state index in [1.807, 2.05) is 6.92 Å². The van der Waals surface area contributed by atoms with Gasteiger partial charge in [0.1, 0.15) is 4.21 Å². The second-order valence-electron chi connectivity index (χ2n) is 5.47. The van der Waals surface area contributed by atoms with Gasteiger partial charge in [0.15, 0.2) is 5.69 Å². The molecule has 10 heteroatoms. The van der Waals surface area contributed by atoms with Crippen molar-refractivity contribution in [3.8, 4) is 0 Å². The third-order valence-corrected chi connectivity index (χ3v) is 6.66. The van der Waals surface area contributed by atoms with Gasteiger partial charge >= 0.3 is 0 Å². The van der Waals surface area contributed by atoms with Crippen molar-refractivity contribution < 1.29 is 13.2 Å². The predicted molar refractivity (Wildman–Crippen MR) is 90.6 cm³/mol. The first-order valence-electron chi connectivity index (χ1n) is 7.58. The van der Waals surface area contributed by atoms with Crippen LogP contribution in [-0.2, 0) is 23.0 Å². The molecular weight excluding hydrogens is 350 g/mol. The van der Waals surface area contributed by atoms with Gasteiger partial charge in [-0.15, -0.1) is 11.3 Å². The molecular formula is C14H19N5O3S2. The molecule has 1 aliphatic heterocycles. The summed E-state index contributed by atoms with van der Waals surface area (Å²) in [6.45, 7) is 3.63. The molecule has 4 N–H and O–H groups in total. The van der Waals surface area contributed by atoms with E-state index in [9.17, 15) is 13.2 Å². The molecule has 0 spiro atoms. The summed E-state index contributed by atoms with van der Waals surface area (Å²) in [6.07, 6.45) is 0.815. The number of nitrogens with one attached hydrogen (secondary N) is 4.